The maximum Gasteiger partial charge on any atom is 0.135 e. The van der Waals surface area contributed by atoms with Gasteiger partial charge in [0.2, 0.25) is 0 Å². The Hall–Kier alpha value is -2.58. The summed E-state index contributed by atoms with van der Waals surface area (Å²) in [6.45, 7) is 1.00. The number of rotatable bonds is 5. The van der Waals surface area contributed by atoms with Crippen molar-refractivity contribution in [3.05, 3.63) is 78.9 Å². The van der Waals surface area contributed by atoms with Crippen LogP contribution in [0, 0.1) is 0 Å². The van der Waals surface area contributed by atoms with Crippen molar-refractivity contribution in [3.8, 4) is 28.0 Å². The average molecular weight is 289 g/mol. The normalized spacial score (nSPS) is 10.4. The Labute approximate surface area is 131 Å². The quantitative estimate of drug-likeness (QED) is 0.757. The van der Waals surface area contributed by atoms with Crippen molar-refractivity contribution in [2.24, 2.45) is 5.73 Å². The highest BCUT2D eigenvalue weighted by atomic mass is 16.5. The van der Waals surface area contributed by atoms with Gasteiger partial charge in [0.1, 0.15) is 12.4 Å². The van der Waals surface area contributed by atoms with E-state index in [1.807, 2.05) is 36.4 Å². The molecule has 0 radical (unpaired) electrons. The number of para-hydroxylation sites is 1. The van der Waals surface area contributed by atoms with Crippen LogP contribution in [-0.4, -0.2) is 13.2 Å². The van der Waals surface area contributed by atoms with Gasteiger partial charge in [-0.1, -0.05) is 78.9 Å². The summed E-state index contributed by atoms with van der Waals surface area (Å²) < 4.78 is 6.00. The molecule has 0 spiro atoms. The minimum Gasteiger partial charge on any atom is -0.491 e. The minimum absolute atomic E-state index is 0.497. The first kappa shape index (κ1) is 14.4. The fraction of sp³-hybridized carbons (Fsp3) is 0.100. The maximum atomic E-state index is 6.00. The largest absolute Gasteiger partial charge is 0.491 e. The average Bonchev–Trinajstić information content (AvgIpc) is 2.61. The van der Waals surface area contributed by atoms with Crippen molar-refractivity contribution in [1.82, 2.24) is 0 Å². The fourth-order valence-corrected chi connectivity index (χ4v) is 2.54. The van der Waals surface area contributed by atoms with Gasteiger partial charge in [-0.3, -0.25) is 0 Å². The molecule has 0 aliphatic rings. The molecule has 0 heterocycles. The van der Waals surface area contributed by atoms with Gasteiger partial charge in [-0.25, -0.2) is 0 Å². The van der Waals surface area contributed by atoms with Gasteiger partial charge in [-0.05, 0) is 11.1 Å². The molecular formula is C20H19NO. The highest BCUT2D eigenvalue weighted by Crippen LogP contribution is 2.38. The molecule has 22 heavy (non-hydrogen) atoms. The molecule has 0 aliphatic heterocycles. The molecule has 2 N–H and O–H groups in total. The molecular weight excluding hydrogens is 270 g/mol. The molecule has 3 aromatic rings. The van der Waals surface area contributed by atoms with Crippen LogP contribution in [0.25, 0.3) is 22.3 Å². The van der Waals surface area contributed by atoms with Crippen molar-refractivity contribution in [1.29, 1.82) is 0 Å². The third-order valence-corrected chi connectivity index (χ3v) is 3.55. The van der Waals surface area contributed by atoms with Crippen molar-refractivity contribution in [2.75, 3.05) is 13.2 Å². The molecule has 0 saturated heterocycles. The Bertz CT molecular complexity index is 665. The molecule has 3 rings (SSSR count). The Balaban J connectivity index is 2.14. The summed E-state index contributed by atoms with van der Waals surface area (Å²) in [5, 5.41) is 0. The molecule has 0 unspecified atom stereocenters. The maximum absolute atomic E-state index is 6.00. The Morgan fingerprint density at radius 2 is 1.14 bits per heavy atom. The molecule has 0 amide bonds. The SMILES string of the molecule is NCCOc1c(-c2ccccc2)cccc1-c1ccccc1. The van der Waals surface area contributed by atoms with Crippen molar-refractivity contribution in [2.45, 2.75) is 0 Å². The molecule has 0 aliphatic carbocycles. The first-order valence-electron chi connectivity index (χ1n) is 7.47. The number of hydrogen-bond donors (Lipinski definition) is 1. The lowest BCUT2D eigenvalue weighted by molar-refractivity contribution is 0.331. The van der Waals surface area contributed by atoms with Gasteiger partial charge < -0.3 is 10.5 Å². The van der Waals surface area contributed by atoms with Crippen molar-refractivity contribution < 1.29 is 4.74 Å². The smallest absolute Gasteiger partial charge is 0.135 e. The van der Waals surface area contributed by atoms with Crippen LogP contribution in [0.2, 0.25) is 0 Å². The van der Waals surface area contributed by atoms with Crippen molar-refractivity contribution >= 4 is 0 Å². The predicted octanol–water partition coefficient (Wildman–Crippen LogP) is 4.36. The summed E-state index contributed by atoms with van der Waals surface area (Å²) in [7, 11) is 0. The predicted molar refractivity (Wildman–Crippen MR) is 91.9 cm³/mol. The standard InChI is InChI=1S/C20H19NO/c21-14-15-22-20-18(16-8-3-1-4-9-16)12-7-13-19(20)17-10-5-2-6-11-17/h1-13H,14-15,21H2. The molecule has 2 heteroatoms. The number of ether oxygens (including phenoxy) is 1. The van der Waals surface area contributed by atoms with E-state index < -0.39 is 0 Å². The van der Waals surface area contributed by atoms with Crippen LogP contribution in [0.15, 0.2) is 78.9 Å². The van der Waals surface area contributed by atoms with E-state index in [9.17, 15) is 0 Å². The van der Waals surface area contributed by atoms with E-state index in [-0.39, 0.29) is 0 Å². The number of benzene rings is 3. The summed E-state index contributed by atoms with van der Waals surface area (Å²) in [6, 6.07) is 26.8. The van der Waals surface area contributed by atoms with E-state index in [1.165, 1.54) is 0 Å². The lowest BCUT2D eigenvalue weighted by Crippen LogP contribution is -2.11. The molecule has 0 atom stereocenters. The summed E-state index contributed by atoms with van der Waals surface area (Å²) in [6.07, 6.45) is 0. The molecule has 110 valence electrons. The van der Waals surface area contributed by atoms with Gasteiger partial charge >= 0.3 is 0 Å². The molecule has 2 nitrogen and oxygen atoms in total. The summed E-state index contributed by atoms with van der Waals surface area (Å²) in [4.78, 5) is 0. The van der Waals surface area contributed by atoms with Crippen LogP contribution in [0.5, 0.6) is 5.75 Å². The monoisotopic (exact) mass is 289 g/mol. The second-order valence-corrected chi connectivity index (χ2v) is 5.05. The Kier molecular flexibility index (Phi) is 4.52. The zero-order chi connectivity index (χ0) is 15.2. The zero-order valence-electron chi connectivity index (χ0n) is 12.4. The fourth-order valence-electron chi connectivity index (χ4n) is 2.54. The highest BCUT2D eigenvalue weighted by Gasteiger charge is 2.12. The first-order chi connectivity index (χ1) is 10.9. The second kappa shape index (κ2) is 6.92. The highest BCUT2D eigenvalue weighted by molar-refractivity contribution is 5.82. The van der Waals surface area contributed by atoms with E-state index in [4.69, 9.17) is 10.5 Å². The molecule has 3 aromatic carbocycles. The Morgan fingerprint density at radius 3 is 1.59 bits per heavy atom. The molecule has 0 aromatic heterocycles. The van der Waals surface area contributed by atoms with Crippen LogP contribution in [0.1, 0.15) is 0 Å². The number of hydrogen-bond acceptors (Lipinski definition) is 2. The van der Waals surface area contributed by atoms with Gasteiger partial charge in [-0.15, -0.1) is 0 Å². The third kappa shape index (κ3) is 3.02. The topological polar surface area (TPSA) is 35.2 Å². The summed E-state index contributed by atoms with van der Waals surface area (Å²) in [5.41, 5.74) is 10.1. The third-order valence-electron chi connectivity index (χ3n) is 3.55. The summed E-state index contributed by atoms with van der Waals surface area (Å²) >= 11 is 0. The van der Waals surface area contributed by atoms with Crippen LogP contribution in [-0.2, 0) is 0 Å². The molecule has 0 fully saturated rings. The second-order valence-electron chi connectivity index (χ2n) is 5.05. The van der Waals surface area contributed by atoms with Gasteiger partial charge in [0.15, 0.2) is 0 Å². The van der Waals surface area contributed by atoms with E-state index in [1.54, 1.807) is 0 Å². The van der Waals surface area contributed by atoms with Crippen LogP contribution in [0.4, 0.5) is 0 Å². The Morgan fingerprint density at radius 1 is 0.636 bits per heavy atom. The van der Waals surface area contributed by atoms with E-state index in [2.05, 4.69) is 42.5 Å². The lowest BCUT2D eigenvalue weighted by atomic mass is 9.97. The van der Waals surface area contributed by atoms with Gasteiger partial charge in [0.05, 0.1) is 0 Å². The van der Waals surface area contributed by atoms with E-state index in [0.29, 0.717) is 13.2 Å². The van der Waals surface area contributed by atoms with Crippen LogP contribution < -0.4 is 10.5 Å². The minimum atomic E-state index is 0.497. The zero-order valence-corrected chi connectivity index (χ0v) is 12.4. The summed E-state index contributed by atoms with van der Waals surface area (Å²) in [5.74, 6) is 0.894. The molecule has 0 bridgehead atoms. The van der Waals surface area contributed by atoms with Gasteiger partial charge in [-0.2, -0.15) is 0 Å². The van der Waals surface area contributed by atoms with Crippen LogP contribution in [0.3, 0.4) is 0 Å². The van der Waals surface area contributed by atoms with Gasteiger partial charge in [0, 0.05) is 17.7 Å². The van der Waals surface area contributed by atoms with Crippen molar-refractivity contribution in [3.63, 3.8) is 0 Å². The number of nitrogens with two attached hydrogens (primary N) is 1. The van der Waals surface area contributed by atoms with E-state index in [0.717, 1.165) is 28.0 Å². The van der Waals surface area contributed by atoms with Crippen LogP contribution >= 0.6 is 0 Å². The van der Waals surface area contributed by atoms with E-state index >= 15 is 0 Å². The molecule has 0 saturated carbocycles. The van der Waals surface area contributed by atoms with Gasteiger partial charge in [0.25, 0.3) is 0 Å². The first-order valence-corrected chi connectivity index (χ1v) is 7.47. The lowest BCUT2D eigenvalue weighted by Gasteiger charge is -2.16.